The highest BCUT2D eigenvalue weighted by Crippen LogP contribution is 2.37. The number of likely N-dealkylation sites (tertiary alicyclic amines) is 1. The van der Waals surface area contributed by atoms with Crippen LogP contribution in [0.4, 0.5) is 0 Å². The lowest BCUT2D eigenvalue weighted by atomic mass is 9.83. The SMILES string of the molecule is Cc1nn([C@H](C)c2ccc(Cl)cc2Cl)c2nc(C3=CCC(N4CCCC4CCC(=O)O)[C@H](C)C3)cnc12. The second-order valence-corrected chi connectivity index (χ2v) is 11.3. The number of aliphatic carboxylic acids is 1. The topological polar surface area (TPSA) is 84.1 Å². The molecule has 3 aromatic rings. The molecular formula is C28H33Cl2N5O2. The molecule has 1 saturated heterocycles. The Morgan fingerprint density at radius 2 is 2.11 bits per heavy atom. The smallest absolute Gasteiger partial charge is 0.303 e. The van der Waals surface area contributed by atoms with Crippen molar-refractivity contribution in [1.29, 1.82) is 0 Å². The van der Waals surface area contributed by atoms with E-state index in [1.165, 1.54) is 5.57 Å². The summed E-state index contributed by atoms with van der Waals surface area (Å²) in [5.41, 5.74) is 5.40. The highest BCUT2D eigenvalue weighted by atomic mass is 35.5. The van der Waals surface area contributed by atoms with E-state index in [-0.39, 0.29) is 12.5 Å². The molecule has 1 fully saturated rings. The Hall–Kier alpha value is -2.48. The summed E-state index contributed by atoms with van der Waals surface area (Å²) in [5.74, 6) is -0.261. The van der Waals surface area contributed by atoms with E-state index in [2.05, 4.69) is 24.8 Å². The van der Waals surface area contributed by atoms with Crippen molar-refractivity contribution in [3.8, 4) is 0 Å². The number of carboxylic acid groups (broad SMARTS) is 1. The number of allylic oxidation sites excluding steroid dienone is 1. The van der Waals surface area contributed by atoms with Gasteiger partial charge in [0.05, 0.1) is 23.6 Å². The first kappa shape index (κ1) is 26.1. The zero-order valence-corrected chi connectivity index (χ0v) is 23.0. The first-order chi connectivity index (χ1) is 17.7. The number of aromatic nitrogens is 4. The largest absolute Gasteiger partial charge is 0.481 e. The van der Waals surface area contributed by atoms with Gasteiger partial charge in [0.2, 0.25) is 0 Å². The van der Waals surface area contributed by atoms with Crippen molar-refractivity contribution in [3.63, 3.8) is 0 Å². The Kier molecular flexibility index (Phi) is 7.57. The lowest BCUT2D eigenvalue weighted by Gasteiger charge is -2.39. The van der Waals surface area contributed by atoms with Gasteiger partial charge in [0.1, 0.15) is 5.52 Å². The number of hydrogen-bond donors (Lipinski definition) is 1. The Balaban J connectivity index is 1.41. The number of halogens is 2. The monoisotopic (exact) mass is 541 g/mol. The van der Waals surface area contributed by atoms with Crippen molar-refractivity contribution >= 4 is 45.9 Å². The number of carboxylic acids is 1. The van der Waals surface area contributed by atoms with E-state index in [0.717, 1.165) is 66.8 Å². The van der Waals surface area contributed by atoms with Crippen molar-refractivity contribution in [2.24, 2.45) is 5.92 Å². The number of nitrogens with zero attached hydrogens (tertiary/aromatic N) is 5. The van der Waals surface area contributed by atoms with Crippen LogP contribution in [0.3, 0.4) is 0 Å². The van der Waals surface area contributed by atoms with Crippen LogP contribution in [0, 0.1) is 12.8 Å². The zero-order chi connectivity index (χ0) is 26.3. The summed E-state index contributed by atoms with van der Waals surface area (Å²) in [5, 5.41) is 15.1. The third kappa shape index (κ3) is 5.27. The van der Waals surface area contributed by atoms with Gasteiger partial charge in [-0.1, -0.05) is 42.3 Å². The minimum Gasteiger partial charge on any atom is -0.481 e. The molecule has 0 bridgehead atoms. The quantitative estimate of drug-likeness (QED) is 0.364. The minimum absolute atomic E-state index is 0.132. The van der Waals surface area contributed by atoms with Gasteiger partial charge in [0.25, 0.3) is 0 Å². The van der Waals surface area contributed by atoms with Crippen molar-refractivity contribution in [3.05, 3.63) is 57.5 Å². The Morgan fingerprint density at radius 1 is 1.30 bits per heavy atom. The molecule has 2 unspecified atom stereocenters. The summed E-state index contributed by atoms with van der Waals surface area (Å²) in [6, 6.07) is 6.19. The van der Waals surface area contributed by atoms with Crippen LogP contribution in [0.15, 0.2) is 30.5 Å². The van der Waals surface area contributed by atoms with Crippen LogP contribution in [0.2, 0.25) is 10.0 Å². The van der Waals surface area contributed by atoms with Crippen molar-refractivity contribution in [2.45, 2.75) is 77.4 Å². The average molecular weight is 543 g/mol. The molecule has 5 rings (SSSR count). The second-order valence-electron chi connectivity index (χ2n) is 10.5. The Labute approximate surface area is 227 Å². The molecule has 0 saturated carbocycles. The van der Waals surface area contributed by atoms with E-state index in [4.69, 9.17) is 43.4 Å². The predicted octanol–water partition coefficient (Wildman–Crippen LogP) is 6.56. The highest BCUT2D eigenvalue weighted by Gasteiger charge is 2.35. The second kappa shape index (κ2) is 10.7. The molecule has 9 heteroatoms. The summed E-state index contributed by atoms with van der Waals surface area (Å²) in [6.45, 7) is 7.36. The van der Waals surface area contributed by atoms with Crippen LogP contribution in [-0.4, -0.2) is 54.4 Å². The number of fused-ring (bicyclic) bond motifs is 1. The molecule has 0 radical (unpaired) electrons. The average Bonchev–Trinajstić information content (AvgIpc) is 3.46. The lowest BCUT2D eigenvalue weighted by molar-refractivity contribution is -0.137. The molecule has 2 aliphatic rings. The summed E-state index contributed by atoms with van der Waals surface area (Å²) < 4.78 is 1.91. The van der Waals surface area contributed by atoms with Gasteiger partial charge in [0, 0.05) is 28.5 Å². The van der Waals surface area contributed by atoms with Crippen molar-refractivity contribution in [1.82, 2.24) is 24.6 Å². The highest BCUT2D eigenvalue weighted by molar-refractivity contribution is 6.35. The molecule has 1 aromatic carbocycles. The maximum Gasteiger partial charge on any atom is 0.303 e. The molecule has 3 heterocycles. The van der Waals surface area contributed by atoms with Crippen molar-refractivity contribution < 1.29 is 9.90 Å². The van der Waals surface area contributed by atoms with Gasteiger partial charge in [0.15, 0.2) is 5.65 Å². The van der Waals surface area contributed by atoms with E-state index in [9.17, 15) is 4.79 Å². The number of benzene rings is 1. The summed E-state index contributed by atoms with van der Waals surface area (Å²) in [6.07, 6.45) is 9.24. The van der Waals surface area contributed by atoms with Gasteiger partial charge in [-0.05, 0) is 81.7 Å². The van der Waals surface area contributed by atoms with Gasteiger partial charge in [-0.3, -0.25) is 9.69 Å². The summed E-state index contributed by atoms with van der Waals surface area (Å²) in [7, 11) is 0. The zero-order valence-electron chi connectivity index (χ0n) is 21.5. The van der Waals surface area contributed by atoms with Gasteiger partial charge in [-0.2, -0.15) is 5.10 Å². The third-order valence-electron chi connectivity index (χ3n) is 8.02. The Morgan fingerprint density at radius 3 is 2.84 bits per heavy atom. The van der Waals surface area contributed by atoms with Crippen LogP contribution in [0.5, 0.6) is 0 Å². The molecule has 1 N–H and O–H groups in total. The molecule has 1 aliphatic carbocycles. The fourth-order valence-corrected chi connectivity index (χ4v) is 6.64. The van der Waals surface area contributed by atoms with Crippen molar-refractivity contribution in [2.75, 3.05) is 6.54 Å². The standard InChI is InChI=1S/C28H33Cl2N5O2/c1-16-13-19(6-10-25(16)34-12-4-5-21(34)8-11-26(36)37)24-15-31-27-17(2)33-35(28(27)32-24)18(3)22-9-7-20(29)14-23(22)30/h6-7,9,14-16,18,21,25H,4-5,8,10-13H2,1-3H3,(H,36,37)/t16-,18-,21?,25?/m1/s1. The van der Waals surface area contributed by atoms with Gasteiger partial charge in [-0.15, -0.1) is 0 Å². The van der Waals surface area contributed by atoms with Crippen LogP contribution >= 0.6 is 23.2 Å². The summed E-state index contributed by atoms with van der Waals surface area (Å²) in [4.78, 5) is 23.5. The van der Waals surface area contributed by atoms with Crippen LogP contribution in [0.25, 0.3) is 16.7 Å². The van der Waals surface area contributed by atoms with E-state index < -0.39 is 5.97 Å². The van der Waals surface area contributed by atoms with Gasteiger partial charge in [-0.25, -0.2) is 14.6 Å². The van der Waals surface area contributed by atoms with E-state index in [0.29, 0.717) is 28.0 Å². The fourth-order valence-electron chi connectivity index (χ4n) is 6.08. The molecule has 7 nitrogen and oxygen atoms in total. The minimum atomic E-state index is -0.707. The van der Waals surface area contributed by atoms with Crippen LogP contribution in [-0.2, 0) is 4.79 Å². The van der Waals surface area contributed by atoms with E-state index >= 15 is 0 Å². The maximum atomic E-state index is 11.1. The predicted molar refractivity (Wildman–Crippen MR) is 147 cm³/mol. The first-order valence-electron chi connectivity index (χ1n) is 13.1. The molecule has 0 amide bonds. The van der Waals surface area contributed by atoms with Crippen LogP contribution in [0.1, 0.15) is 75.4 Å². The van der Waals surface area contributed by atoms with Gasteiger partial charge < -0.3 is 5.11 Å². The number of carbonyl (C=O) groups is 1. The van der Waals surface area contributed by atoms with E-state index in [1.54, 1.807) is 6.07 Å². The first-order valence-corrected chi connectivity index (χ1v) is 13.8. The molecular weight excluding hydrogens is 509 g/mol. The molecule has 196 valence electrons. The third-order valence-corrected chi connectivity index (χ3v) is 8.59. The number of aryl methyl sites for hydroxylation is 1. The van der Waals surface area contributed by atoms with Crippen LogP contribution < -0.4 is 0 Å². The molecule has 37 heavy (non-hydrogen) atoms. The Bertz CT molecular complexity index is 1350. The lowest BCUT2D eigenvalue weighted by Crippen LogP contribution is -2.44. The summed E-state index contributed by atoms with van der Waals surface area (Å²) >= 11 is 12.6. The molecule has 2 aromatic heterocycles. The van der Waals surface area contributed by atoms with E-state index in [1.807, 2.05) is 29.9 Å². The molecule has 1 aliphatic heterocycles. The number of rotatable bonds is 7. The number of hydrogen-bond acceptors (Lipinski definition) is 5. The molecule has 4 atom stereocenters. The normalized spacial score (nSPS) is 23.4. The molecule has 0 spiro atoms. The maximum absolute atomic E-state index is 11.1. The fraction of sp³-hybridized carbons (Fsp3) is 0.500. The van der Waals surface area contributed by atoms with Gasteiger partial charge >= 0.3 is 5.97 Å².